The van der Waals surface area contributed by atoms with Crippen LogP contribution < -0.4 is 11.2 Å². The second-order valence-electron chi connectivity index (χ2n) is 6.01. The zero-order valence-electron chi connectivity index (χ0n) is 14.2. The zero-order chi connectivity index (χ0) is 19.8. The molecule has 0 aliphatic heterocycles. The first kappa shape index (κ1) is 17.8. The van der Waals surface area contributed by atoms with Crippen LogP contribution in [0.3, 0.4) is 0 Å². The maximum Gasteiger partial charge on any atom is 0.336 e. The van der Waals surface area contributed by atoms with Gasteiger partial charge in [-0.15, -0.1) is 11.3 Å². The SMILES string of the molecule is N#Cc1ccccc1Cn1c(=O)n(-c2ccc(F)cc2F)c(=O)c2sccc21. The highest BCUT2D eigenvalue weighted by atomic mass is 32.1. The second-order valence-corrected chi connectivity index (χ2v) is 6.93. The lowest BCUT2D eigenvalue weighted by Gasteiger charge is -2.13. The number of hydrogen-bond acceptors (Lipinski definition) is 4. The number of rotatable bonds is 3. The zero-order valence-corrected chi connectivity index (χ0v) is 15.0. The van der Waals surface area contributed by atoms with Crippen molar-refractivity contribution >= 4 is 21.6 Å². The van der Waals surface area contributed by atoms with Crippen LogP contribution >= 0.6 is 11.3 Å². The van der Waals surface area contributed by atoms with E-state index in [1.165, 1.54) is 4.57 Å². The van der Waals surface area contributed by atoms with E-state index in [1.54, 1.807) is 35.7 Å². The molecule has 2 aromatic heterocycles. The second kappa shape index (κ2) is 6.87. The van der Waals surface area contributed by atoms with Crippen LogP contribution in [-0.4, -0.2) is 9.13 Å². The van der Waals surface area contributed by atoms with Gasteiger partial charge in [0.2, 0.25) is 0 Å². The van der Waals surface area contributed by atoms with Gasteiger partial charge in [0.25, 0.3) is 5.56 Å². The minimum absolute atomic E-state index is 0.0267. The molecule has 4 rings (SSSR count). The molecule has 0 saturated heterocycles. The van der Waals surface area contributed by atoms with Crippen molar-refractivity contribution in [3.05, 3.63) is 97.5 Å². The smallest absolute Gasteiger partial charge is 0.288 e. The summed E-state index contributed by atoms with van der Waals surface area (Å²) in [5.41, 5.74) is -0.395. The number of nitrogens with zero attached hydrogens (tertiary/aromatic N) is 3. The van der Waals surface area contributed by atoms with Crippen LogP contribution in [0.4, 0.5) is 8.78 Å². The maximum absolute atomic E-state index is 14.3. The molecule has 138 valence electrons. The van der Waals surface area contributed by atoms with E-state index in [-0.39, 0.29) is 16.9 Å². The van der Waals surface area contributed by atoms with Gasteiger partial charge in [-0.05, 0) is 35.2 Å². The number of nitriles is 1. The molecule has 28 heavy (non-hydrogen) atoms. The molecule has 0 saturated carbocycles. The van der Waals surface area contributed by atoms with Crippen molar-refractivity contribution in [2.75, 3.05) is 0 Å². The highest BCUT2D eigenvalue weighted by Crippen LogP contribution is 2.19. The van der Waals surface area contributed by atoms with Crippen molar-refractivity contribution in [1.82, 2.24) is 9.13 Å². The summed E-state index contributed by atoms with van der Waals surface area (Å²) in [6.07, 6.45) is 0. The van der Waals surface area contributed by atoms with Crippen molar-refractivity contribution in [3.63, 3.8) is 0 Å². The molecule has 0 unspecified atom stereocenters. The third-order valence-corrected chi connectivity index (χ3v) is 5.26. The fourth-order valence-electron chi connectivity index (χ4n) is 3.05. The van der Waals surface area contributed by atoms with E-state index in [1.807, 2.05) is 0 Å². The number of benzene rings is 2. The first-order valence-corrected chi connectivity index (χ1v) is 9.05. The van der Waals surface area contributed by atoms with Gasteiger partial charge in [-0.25, -0.2) is 18.1 Å². The molecule has 0 amide bonds. The van der Waals surface area contributed by atoms with Gasteiger partial charge in [0.15, 0.2) is 0 Å². The average molecular weight is 395 g/mol. The lowest BCUT2D eigenvalue weighted by molar-refractivity contribution is 0.572. The minimum Gasteiger partial charge on any atom is -0.288 e. The predicted octanol–water partition coefficient (Wildman–Crippen LogP) is 3.41. The van der Waals surface area contributed by atoms with Gasteiger partial charge in [0.1, 0.15) is 16.3 Å². The lowest BCUT2D eigenvalue weighted by Crippen LogP contribution is -2.39. The Labute approximate surface area is 161 Å². The van der Waals surface area contributed by atoms with Crippen LogP contribution in [0.5, 0.6) is 0 Å². The van der Waals surface area contributed by atoms with Crippen molar-refractivity contribution < 1.29 is 8.78 Å². The topological polar surface area (TPSA) is 67.8 Å². The van der Waals surface area contributed by atoms with Gasteiger partial charge in [0.05, 0.1) is 29.4 Å². The molecule has 8 heteroatoms. The Hall–Kier alpha value is -3.57. The molecule has 0 fully saturated rings. The van der Waals surface area contributed by atoms with E-state index >= 15 is 0 Å². The quantitative estimate of drug-likeness (QED) is 0.534. The van der Waals surface area contributed by atoms with Crippen molar-refractivity contribution in [2.24, 2.45) is 0 Å². The van der Waals surface area contributed by atoms with Crippen LogP contribution in [-0.2, 0) is 6.54 Å². The van der Waals surface area contributed by atoms with Gasteiger partial charge in [0, 0.05) is 6.07 Å². The van der Waals surface area contributed by atoms with Crippen LogP contribution in [0.2, 0.25) is 0 Å². The average Bonchev–Trinajstić information content (AvgIpc) is 3.17. The summed E-state index contributed by atoms with van der Waals surface area (Å²) in [6.45, 7) is 0.0267. The number of hydrogen-bond donors (Lipinski definition) is 0. The van der Waals surface area contributed by atoms with Crippen LogP contribution in [0, 0.1) is 23.0 Å². The van der Waals surface area contributed by atoms with Crippen LogP contribution in [0.25, 0.3) is 15.9 Å². The fourth-order valence-corrected chi connectivity index (χ4v) is 3.88. The molecule has 2 heterocycles. The lowest BCUT2D eigenvalue weighted by atomic mass is 10.1. The molecule has 0 radical (unpaired) electrons. The molecule has 0 aliphatic carbocycles. The summed E-state index contributed by atoms with van der Waals surface area (Å²) in [4.78, 5) is 26.0. The number of thiophene rings is 1. The molecule has 5 nitrogen and oxygen atoms in total. The van der Waals surface area contributed by atoms with Gasteiger partial charge >= 0.3 is 5.69 Å². The Kier molecular flexibility index (Phi) is 4.37. The highest BCUT2D eigenvalue weighted by molar-refractivity contribution is 7.17. The van der Waals surface area contributed by atoms with Crippen molar-refractivity contribution in [1.29, 1.82) is 5.26 Å². The Morgan fingerprint density at radius 2 is 1.86 bits per heavy atom. The minimum atomic E-state index is -1.01. The van der Waals surface area contributed by atoms with Crippen LogP contribution in [0.1, 0.15) is 11.1 Å². The summed E-state index contributed by atoms with van der Waals surface area (Å²) < 4.78 is 29.9. The molecule has 0 aliphatic rings. The number of halogens is 2. The first-order chi connectivity index (χ1) is 13.5. The van der Waals surface area contributed by atoms with Gasteiger partial charge in [-0.3, -0.25) is 9.36 Å². The van der Waals surface area contributed by atoms with Gasteiger partial charge < -0.3 is 0 Å². The van der Waals surface area contributed by atoms with E-state index in [9.17, 15) is 23.6 Å². The number of fused-ring (bicyclic) bond motifs is 1. The van der Waals surface area contributed by atoms with E-state index in [4.69, 9.17) is 0 Å². The third-order valence-electron chi connectivity index (χ3n) is 4.37. The highest BCUT2D eigenvalue weighted by Gasteiger charge is 2.19. The van der Waals surface area contributed by atoms with E-state index < -0.39 is 22.9 Å². The Morgan fingerprint density at radius 1 is 1.07 bits per heavy atom. The monoisotopic (exact) mass is 395 g/mol. The summed E-state index contributed by atoms with van der Waals surface area (Å²) in [7, 11) is 0. The normalized spacial score (nSPS) is 10.9. The third kappa shape index (κ3) is 2.82. The van der Waals surface area contributed by atoms with E-state index in [0.717, 1.165) is 23.5 Å². The summed E-state index contributed by atoms with van der Waals surface area (Å²) in [6, 6.07) is 13.1. The molecule has 0 spiro atoms. The molecule has 4 aromatic rings. The summed E-state index contributed by atoms with van der Waals surface area (Å²) in [5.74, 6) is -1.83. The molecule has 2 aromatic carbocycles. The maximum atomic E-state index is 14.3. The van der Waals surface area contributed by atoms with Crippen molar-refractivity contribution in [3.8, 4) is 11.8 Å². The molecule has 0 bridgehead atoms. The summed E-state index contributed by atoms with van der Waals surface area (Å²) in [5, 5.41) is 11.0. The molecule has 0 atom stereocenters. The molecular formula is C20H11F2N3O2S. The Balaban J connectivity index is 2.03. The van der Waals surface area contributed by atoms with Crippen LogP contribution in [0.15, 0.2) is 63.5 Å². The Morgan fingerprint density at radius 3 is 2.61 bits per heavy atom. The van der Waals surface area contributed by atoms with Crippen molar-refractivity contribution in [2.45, 2.75) is 6.54 Å². The summed E-state index contributed by atoms with van der Waals surface area (Å²) >= 11 is 1.12. The van der Waals surface area contributed by atoms with Gasteiger partial charge in [-0.2, -0.15) is 5.26 Å². The van der Waals surface area contributed by atoms with E-state index in [2.05, 4.69) is 6.07 Å². The molecular weight excluding hydrogens is 384 g/mol. The number of aromatic nitrogens is 2. The van der Waals surface area contributed by atoms with E-state index in [0.29, 0.717) is 27.3 Å². The fraction of sp³-hybridized carbons (Fsp3) is 0.0500. The van der Waals surface area contributed by atoms with Gasteiger partial charge in [-0.1, -0.05) is 18.2 Å². The Bertz CT molecular complexity index is 1380. The standard InChI is InChI=1S/C20H11F2N3O2S/c21-14-5-6-16(15(22)9-14)25-19(26)18-17(7-8-28-18)24(20(25)27)11-13-4-2-1-3-12(13)10-23/h1-9H,11H2. The first-order valence-electron chi connectivity index (χ1n) is 8.17. The predicted molar refractivity (Wildman–Crippen MR) is 102 cm³/mol. The molecule has 0 N–H and O–H groups in total. The largest absolute Gasteiger partial charge is 0.336 e.